The number of rotatable bonds is 2. The van der Waals surface area contributed by atoms with Crippen LogP contribution in [0.5, 0.6) is 0 Å². The van der Waals surface area contributed by atoms with Gasteiger partial charge in [-0.2, -0.15) is 4.68 Å². The summed E-state index contributed by atoms with van der Waals surface area (Å²) >= 11 is 1.45. The molecule has 0 atom stereocenters. The maximum Gasteiger partial charge on any atom is 0.144 e. The van der Waals surface area contributed by atoms with Gasteiger partial charge in [-0.3, -0.25) is 0 Å². The predicted octanol–water partition coefficient (Wildman–Crippen LogP) is -0.0339. The summed E-state index contributed by atoms with van der Waals surface area (Å²) in [5, 5.41) is 22.6. The summed E-state index contributed by atoms with van der Waals surface area (Å²) in [5.74, 6) is -1.14. The van der Waals surface area contributed by atoms with Crippen LogP contribution in [0.2, 0.25) is 0 Å². The molecule has 0 spiro atoms. The van der Waals surface area contributed by atoms with E-state index in [4.69, 9.17) is 0 Å². The standard InChI is InChI=1S/C10H10N4O2S/c15-10(16)8-6-3-1-2-4-7(6)17-9(8)14-5-11-12-13-14/h5H,1-4H2,(H,15,16)/p-1. The zero-order valence-corrected chi connectivity index (χ0v) is 9.74. The minimum atomic E-state index is -1.14. The zero-order valence-electron chi connectivity index (χ0n) is 8.92. The van der Waals surface area contributed by atoms with Crippen molar-refractivity contribution in [2.45, 2.75) is 25.7 Å². The Hall–Kier alpha value is -1.76. The summed E-state index contributed by atoms with van der Waals surface area (Å²) < 4.78 is 1.40. The Balaban J connectivity index is 2.21. The maximum atomic E-state index is 11.3. The van der Waals surface area contributed by atoms with Crippen molar-refractivity contribution >= 4 is 17.3 Å². The first-order valence-electron chi connectivity index (χ1n) is 5.36. The van der Waals surface area contributed by atoms with Crippen molar-refractivity contribution in [1.29, 1.82) is 0 Å². The highest BCUT2D eigenvalue weighted by molar-refractivity contribution is 7.15. The Bertz CT molecular complexity index is 561. The van der Waals surface area contributed by atoms with Gasteiger partial charge in [0.15, 0.2) is 0 Å². The van der Waals surface area contributed by atoms with Gasteiger partial charge >= 0.3 is 0 Å². The number of aromatic nitrogens is 4. The second kappa shape index (κ2) is 3.92. The smallest absolute Gasteiger partial charge is 0.144 e. The van der Waals surface area contributed by atoms with E-state index < -0.39 is 5.97 Å². The number of hydrogen-bond donors (Lipinski definition) is 0. The lowest BCUT2D eigenvalue weighted by atomic mass is 9.95. The van der Waals surface area contributed by atoms with E-state index in [-0.39, 0.29) is 5.56 Å². The molecule has 2 heterocycles. The van der Waals surface area contributed by atoms with E-state index in [1.807, 2.05) is 0 Å². The van der Waals surface area contributed by atoms with Crippen LogP contribution in [0.25, 0.3) is 5.00 Å². The number of carboxylic acid groups (broad SMARTS) is 1. The highest BCUT2D eigenvalue weighted by atomic mass is 32.1. The molecule has 2 aromatic heterocycles. The molecule has 0 radical (unpaired) electrons. The Kier molecular flexibility index (Phi) is 2.40. The molecule has 0 aliphatic heterocycles. The molecule has 3 rings (SSSR count). The van der Waals surface area contributed by atoms with E-state index in [1.54, 1.807) is 0 Å². The van der Waals surface area contributed by atoms with Crippen molar-refractivity contribution in [2.24, 2.45) is 0 Å². The van der Waals surface area contributed by atoms with Crippen LogP contribution in [0.3, 0.4) is 0 Å². The number of nitrogens with zero attached hydrogens (tertiary/aromatic N) is 4. The van der Waals surface area contributed by atoms with Crippen LogP contribution in [0.15, 0.2) is 6.33 Å². The first-order chi connectivity index (χ1) is 8.27. The van der Waals surface area contributed by atoms with Gasteiger partial charge in [0.25, 0.3) is 0 Å². The van der Waals surface area contributed by atoms with Gasteiger partial charge < -0.3 is 9.90 Å². The normalized spacial score (nSPS) is 14.6. The quantitative estimate of drug-likeness (QED) is 0.746. The summed E-state index contributed by atoms with van der Waals surface area (Å²) in [7, 11) is 0. The summed E-state index contributed by atoms with van der Waals surface area (Å²) in [4.78, 5) is 12.4. The van der Waals surface area contributed by atoms with Crippen LogP contribution < -0.4 is 5.11 Å². The maximum absolute atomic E-state index is 11.3. The topological polar surface area (TPSA) is 83.7 Å². The van der Waals surface area contributed by atoms with E-state index in [0.717, 1.165) is 36.1 Å². The lowest BCUT2D eigenvalue weighted by Crippen LogP contribution is -2.25. The monoisotopic (exact) mass is 249 g/mol. The van der Waals surface area contributed by atoms with Crippen LogP contribution in [-0.4, -0.2) is 26.2 Å². The van der Waals surface area contributed by atoms with Crippen LogP contribution in [-0.2, 0) is 12.8 Å². The third-order valence-electron chi connectivity index (χ3n) is 2.91. The highest BCUT2D eigenvalue weighted by Crippen LogP contribution is 2.35. The van der Waals surface area contributed by atoms with Gasteiger partial charge in [0, 0.05) is 10.4 Å². The Morgan fingerprint density at radius 2 is 2.24 bits per heavy atom. The van der Waals surface area contributed by atoms with Crippen LogP contribution in [0, 0.1) is 0 Å². The Labute approximate surface area is 101 Å². The largest absolute Gasteiger partial charge is 0.545 e. The molecular weight excluding hydrogens is 240 g/mol. The number of hydrogen-bond acceptors (Lipinski definition) is 6. The van der Waals surface area contributed by atoms with Gasteiger partial charge in [-0.1, -0.05) is 0 Å². The Morgan fingerprint density at radius 1 is 1.41 bits per heavy atom. The molecule has 1 aliphatic carbocycles. The second-order valence-electron chi connectivity index (χ2n) is 3.93. The molecular formula is C10H9N4O2S-. The van der Waals surface area contributed by atoms with Gasteiger partial charge in [-0.05, 0) is 41.7 Å². The third kappa shape index (κ3) is 1.62. The molecule has 0 bridgehead atoms. The fourth-order valence-electron chi connectivity index (χ4n) is 2.18. The minimum absolute atomic E-state index is 0.261. The molecule has 0 unspecified atom stereocenters. The molecule has 0 aromatic carbocycles. The molecule has 7 heteroatoms. The number of carbonyl (C=O) groups is 1. The summed E-state index contributed by atoms with van der Waals surface area (Å²) in [6.45, 7) is 0. The molecule has 0 fully saturated rings. The van der Waals surface area contributed by atoms with Gasteiger partial charge in [0.2, 0.25) is 0 Å². The van der Waals surface area contributed by atoms with Crippen LogP contribution in [0.4, 0.5) is 0 Å². The van der Waals surface area contributed by atoms with Crippen molar-refractivity contribution in [1.82, 2.24) is 20.2 Å². The van der Waals surface area contributed by atoms with Crippen molar-refractivity contribution in [3.63, 3.8) is 0 Å². The molecule has 88 valence electrons. The average Bonchev–Trinajstić information content (AvgIpc) is 2.95. The number of aromatic carboxylic acids is 1. The molecule has 0 saturated carbocycles. The molecule has 0 amide bonds. The van der Waals surface area contributed by atoms with E-state index >= 15 is 0 Å². The summed E-state index contributed by atoms with van der Waals surface area (Å²) in [6, 6.07) is 0. The fourth-order valence-corrected chi connectivity index (χ4v) is 3.47. The van der Waals surface area contributed by atoms with Crippen LogP contribution >= 0.6 is 11.3 Å². The number of fused-ring (bicyclic) bond motifs is 1. The number of carboxylic acids is 1. The average molecular weight is 249 g/mol. The zero-order chi connectivity index (χ0) is 11.8. The SMILES string of the molecule is O=C([O-])c1c(-n2cnnn2)sc2c1CCCC2. The number of carbonyl (C=O) groups excluding carboxylic acids is 1. The lowest BCUT2D eigenvalue weighted by molar-refractivity contribution is -0.255. The number of thiophene rings is 1. The lowest BCUT2D eigenvalue weighted by Gasteiger charge is -2.13. The minimum Gasteiger partial charge on any atom is -0.545 e. The van der Waals surface area contributed by atoms with E-state index in [9.17, 15) is 9.90 Å². The van der Waals surface area contributed by atoms with Crippen molar-refractivity contribution in [3.8, 4) is 5.00 Å². The number of tetrazole rings is 1. The molecule has 1 aliphatic rings. The molecule has 6 nitrogen and oxygen atoms in total. The van der Waals surface area contributed by atoms with Crippen molar-refractivity contribution in [3.05, 3.63) is 22.3 Å². The van der Waals surface area contributed by atoms with E-state index in [0.29, 0.717) is 5.00 Å². The number of aryl methyl sites for hydroxylation is 1. The first kappa shape index (κ1) is 10.4. The first-order valence-corrected chi connectivity index (χ1v) is 6.18. The summed E-state index contributed by atoms with van der Waals surface area (Å²) in [5.41, 5.74) is 1.17. The second-order valence-corrected chi connectivity index (χ2v) is 5.02. The van der Waals surface area contributed by atoms with Gasteiger partial charge in [-0.25, -0.2) is 0 Å². The molecule has 17 heavy (non-hydrogen) atoms. The van der Waals surface area contributed by atoms with Crippen molar-refractivity contribution in [2.75, 3.05) is 0 Å². The van der Waals surface area contributed by atoms with E-state index in [2.05, 4.69) is 15.5 Å². The Morgan fingerprint density at radius 3 is 2.94 bits per heavy atom. The van der Waals surface area contributed by atoms with Crippen molar-refractivity contribution < 1.29 is 9.90 Å². The molecule has 2 aromatic rings. The predicted molar refractivity (Wildman–Crippen MR) is 58.0 cm³/mol. The fraction of sp³-hybridized carbons (Fsp3) is 0.400. The van der Waals surface area contributed by atoms with Crippen LogP contribution in [0.1, 0.15) is 33.6 Å². The van der Waals surface area contributed by atoms with Gasteiger partial charge in [0.05, 0.1) is 5.97 Å². The third-order valence-corrected chi connectivity index (χ3v) is 4.20. The van der Waals surface area contributed by atoms with Gasteiger partial charge in [0.1, 0.15) is 11.3 Å². The van der Waals surface area contributed by atoms with Gasteiger partial charge in [-0.15, -0.1) is 16.4 Å². The molecule has 0 saturated heterocycles. The molecule has 0 N–H and O–H groups in total. The highest BCUT2D eigenvalue weighted by Gasteiger charge is 2.22. The summed E-state index contributed by atoms with van der Waals surface area (Å²) in [6.07, 6.45) is 5.28. The van der Waals surface area contributed by atoms with E-state index in [1.165, 1.54) is 22.3 Å².